The van der Waals surface area contributed by atoms with E-state index in [2.05, 4.69) is 41.4 Å². The first-order valence-corrected chi connectivity index (χ1v) is 7.55. The topological polar surface area (TPSA) is 59.1 Å². The van der Waals surface area contributed by atoms with E-state index in [1.54, 1.807) is 0 Å². The molecule has 1 atom stereocenters. The minimum atomic E-state index is 0.405. The van der Waals surface area contributed by atoms with Gasteiger partial charge in [-0.1, -0.05) is 6.92 Å². The first-order chi connectivity index (χ1) is 9.65. The van der Waals surface area contributed by atoms with Gasteiger partial charge in [0.2, 0.25) is 0 Å². The van der Waals surface area contributed by atoms with Crippen molar-refractivity contribution in [2.24, 2.45) is 5.92 Å². The standard InChI is InChI=1S/C15H26N4O/c1-5-13-18-14(16-4)10(2)15(19-13)17-11(3)12-6-8-20-9-7-12/h11-12H,5-9H2,1-4H3,(H2,16,17,18,19). The third-order valence-electron chi connectivity index (χ3n) is 4.08. The molecule has 0 aromatic carbocycles. The summed E-state index contributed by atoms with van der Waals surface area (Å²) in [5, 5.41) is 6.73. The van der Waals surface area contributed by atoms with Crippen molar-refractivity contribution in [1.29, 1.82) is 0 Å². The number of nitrogens with one attached hydrogen (secondary N) is 2. The quantitative estimate of drug-likeness (QED) is 0.867. The Morgan fingerprint density at radius 3 is 2.50 bits per heavy atom. The Morgan fingerprint density at radius 1 is 1.25 bits per heavy atom. The molecule has 2 rings (SSSR count). The van der Waals surface area contributed by atoms with E-state index in [1.807, 2.05) is 7.05 Å². The van der Waals surface area contributed by atoms with Crippen LogP contribution in [0.5, 0.6) is 0 Å². The zero-order valence-electron chi connectivity index (χ0n) is 13.0. The van der Waals surface area contributed by atoms with Gasteiger partial charge in [-0.25, -0.2) is 9.97 Å². The van der Waals surface area contributed by atoms with Crippen LogP contribution in [0.1, 0.15) is 38.1 Å². The molecule has 1 aliphatic heterocycles. The average Bonchev–Trinajstić information content (AvgIpc) is 2.50. The lowest BCUT2D eigenvalue weighted by Gasteiger charge is -2.29. The molecule has 0 spiro atoms. The van der Waals surface area contributed by atoms with Crippen LogP contribution >= 0.6 is 0 Å². The van der Waals surface area contributed by atoms with Crippen LogP contribution in [0.3, 0.4) is 0 Å². The van der Waals surface area contributed by atoms with Crippen LogP contribution in [0.25, 0.3) is 0 Å². The molecule has 20 heavy (non-hydrogen) atoms. The number of ether oxygens (including phenoxy) is 1. The number of anilines is 2. The maximum Gasteiger partial charge on any atom is 0.134 e. The molecule has 1 fully saturated rings. The van der Waals surface area contributed by atoms with Crippen molar-refractivity contribution < 1.29 is 4.74 Å². The number of hydrogen-bond acceptors (Lipinski definition) is 5. The van der Waals surface area contributed by atoms with Crippen LogP contribution < -0.4 is 10.6 Å². The van der Waals surface area contributed by atoms with E-state index >= 15 is 0 Å². The Kier molecular flexibility index (Phi) is 5.17. The fraction of sp³-hybridized carbons (Fsp3) is 0.733. The minimum absolute atomic E-state index is 0.405. The summed E-state index contributed by atoms with van der Waals surface area (Å²) >= 11 is 0. The van der Waals surface area contributed by atoms with Gasteiger partial charge < -0.3 is 15.4 Å². The lowest BCUT2D eigenvalue weighted by atomic mass is 9.93. The highest BCUT2D eigenvalue weighted by atomic mass is 16.5. The third-order valence-corrected chi connectivity index (χ3v) is 4.08. The second-order valence-electron chi connectivity index (χ2n) is 5.45. The van der Waals surface area contributed by atoms with Gasteiger partial charge in [-0.2, -0.15) is 0 Å². The molecule has 1 aliphatic rings. The Hall–Kier alpha value is -1.36. The maximum atomic E-state index is 5.43. The minimum Gasteiger partial charge on any atom is -0.381 e. The monoisotopic (exact) mass is 278 g/mol. The molecule has 2 heterocycles. The Bertz CT molecular complexity index is 444. The molecule has 0 aliphatic carbocycles. The fourth-order valence-electron chi connectivity index (χ4n) is 2.65. The molecule has 5 nitrogen and oxygen atoms in total. The van der Waals surface area contributed by atoms with Crippen molar-refractivity contribution in [3.63, 3.8) is 0 Å². The molecule has 1 aromatic rings. The first kappa shape index (κ1) is 15.0. The Balaban J connectivity index is 2.14. The molecule has 0 saturated carbocycles. The highest BCUT2D eigenvalue weighted by molar-refractivity contribution is 5.57. The number of aryl methyl sites for hydroxylation is 1. The van der Waals surface area contributed by atoms with Crippen molar-refractivity contribution in [3.8, 4) is 0 Å². The highest BCUT2D eigenvalue weighted by Crippen LogP contribution is 2.25. The molecule has 0 bridgehead atoms. The molecule has 1 saturated heterocycles. The third kappa shape index (κ3) is 3.39. The molecule has 1 aromatic heterocycles. The van der Waals surface area contributed by atoms with Gasteiger partial charge in [0.15, 0.2) is 0 Å². The summed E-state index contributed by atoms with van der Waals surface area (Å²) in [7, 11) is 1.90. The molecule has 0 radical (unpaired) electrons. The molecular weight excluding hydrogens is 252 g/mol. The summed E-state index contributed by atoms with van der Waals surface area (Å²) in [4.78, 5) is 9.15. The van der Waals surface area contributed by atoms with Crippen molar-refractivity contribution >= 4 is 11.6 Å². The van der Waals surface area contributed by atoms with Crippen LogP contribution in [-0.4, -0.2) is 36.3 Å². The van der Waals surface area contributed by atoms with Gasteiger partial charge in [-0.3, -0.25) is 0 Å². The lowest BCUT2D eigenvalue weighted by Crippen LogP contribution is -2.31. The highest BCUT2D eigenvalue weighted by Gasteiger charge is 2.21. The van der Waals surface area contributed by atoms with Crippen molar-refractivity contribution in [2.75, 3.05) is 30.9 Å². The Morgan fingerprint density at radius 2 is 1.90 bits per heavy atom. The summed E-state index contributed by atoms with van der Waals surface area (Å²) in [5.41, 5.74) is 1.09. The van der Waals surface area contributed by atoms with Gasteiger partial charge in [0.25, 0.3) is 0 Å². The van der Waals surface area contributed by atoms with Crippen molar-refractivity contribution in [1.82, 2.24) is 9.97 Å². The van der Waals surface area contributed by atoms with E-state index in [1.165, 1.54) is 0 Å². The summed E-state index contributed by atoms with van der Waals surface area (Å²) in [5.74, 6) is 3.40. The second-order valence-corrected chi connectivity index (χ2v) is 5.45. The predicted octanol–water partition coefficient (Wildman–Crippen LogP) is 2.62. The molecule has 5 heteroatoms. The van der Waals surface area contributed by atoms with Crippen molar-refractivity contribution in [3.05, 3.63) is 11.4 Å². The normalized spacial score (nSPS) is 17.8. The molecule has 1 unspecified atom stereocenters. The van der Waals surface area contributed by atoms with Gasteiger partial charge >= 0.3 is 0 Å². The first-order valence-electron chi connectivity index (χ1n) is 7.55. The van der Waals surface area contributed by atoms with Crippen LogP contribution in [0, 0.1) is 12.8 Å². The summed E-state index contributed by atoms with van der Waals surface area (Å²) in [6.45, 7) is 8.13. The van der Waals surface area contributed by atoms with Crippen LogP contribution in [0.2, 0.25) is 0 Å². The van der Waals surface area contributed by atoms with Crippen LogP contribution in [-0.2, 0) is 11.2 Å². The smallest absolute Gasteiger partial charge is 0.134 e. The SMILES string of the molecule is CCc1nc(NC)c(C)c(NC(C)C2CCOCC2)n1. The summed E-state index contributed by atoms with van der Waals surface area (Å²) in [6.07, 6.45) is 3.09. The molecule has 112 valence electrons. The molecule has 0 amide bonds. The number of aromatic nitrogens is 2. The van der Waals surface area contributed by atoms with E-state index in [9.17, 15) is 0 Å². The van der Waals surface area contributed by atoms with Crippen LogP contribution in [0.4, 0.5) is 11.6 Å². The lowest BCUT2D eigenvalue weighted by molar-refractivity contribution is 0.0622. The van der Waals surface area contributed by atoms with Gasteiger partial charge in [-0.15, -0.1) is 0 Å². The van der Waals surface area contributed by atoms with Gasteiger partial charge in [0, 0.05) is 38.3 Å². The summed E-state index contributed by atoms with van der Waals surface area (Å²) in [6, 6.07) is 0.405. The Labute approximate surface area is 121 Å². The molecular formula is C15H26N4O. The largest absolute Gasteiger partial charge is 0.381 e. The van der Waals surface area contributed by atoms with E-state index in [4.69, 9.17) is 4.74 Å². The summed E-state index contributed by atoms with van der Waals surface area (Å²) < 4.78 is 5.43. The van der Waals surface area contributed by atoms with Crippen molar-refractivity contribution in [2.45, 2.75) is 46.1 Å². The number of rotatable bonds is 5. The van der Waals surface area contributed by atoms with Gasteiger partial charge in [-0.05, 0) is 32.6 Å². The van der Waals surface area contributed by atoms with E-state index in [-0.39, 0.29) is 0 Å². The van der Waals surface area contributed by atoms with Gasteiger partial charge in [0.1, 0.15) is 17.5 Å². The van der Waals surface area contributed by atoms with E-state index in [0.717, 1.165) is 55.5 Å². The van der Waals surface area contributed by atoms with E-state index in [0.29, 0.717) is 12.0 Å². The zero-order valence-corrected chi connectivity index (χ0v) is 13.0. The van der Waals surface area contributed by atoms with Crippen LogP contribution in [0.15, 0.2) is 0 Å². The number of nitrogens with zero attached hydrogens (tertiary/aromatic N) is 2. The van der Waals surface area contributed by atoms with E-state index < -0.39 is 0 Å². The van der Waals surface area contributed by atoms with Gasteiger partial charge in [0.05, 0.1) is 0 Å². The second kappa shape index (κ2) is 6.88. The average molecular weight is 278 g/mol. The molecule has 2 N–H and O–H groups in total. The zero-order chi connectivity index (χ0) is 14.5. The number of hydrogen-bond donors (Lipinski definition) is 2. The fourth-order valence-corrected chi connectivity index (χ4v) is 2.65. The maximum absolute atomic E-state index is 5.43. The predicted molar refractivity (Wildman–Crippen MR) is 82.3 cm³/mol.